The van der Waals surface area contributed by atoms with Crippen molar-refractivity contribution in [1.82, 2.24) is 9.97 Å². The van der Waals surface area contributed by atoms with Crippen LogP contribution in [0.2, 0.25) is 0 Å². The maximum Gasteiger partial charge on any atom is 0.143 e. The number of hydrogen-bond acceptors (Lipinski definition) is 3. The van der Waals surface area contributed by atoms with E-state index in [1.807, 2.05) is 12.1 Å². The molecular weight excluding hydrogens is 705 g/mol. The van der Waals surface area contributed by atoms with Crippen LogP contribution in [0.4, 0.5) is 0 Å². The lowest BCUT2D eigenvalue weighted by Gasteiger charge is -2.30. The highest BCUT2D eigenvalue weighted by atomic mass is 16.3. The average molecular weight is 737 g/mol. The first-order valence-corrected chi connectivity index (χ1v) is 19.9. The van der Waals surface area contributed by atoms with Crippen LogP contribution in [-0.2, 0) is 5.41 Å². The van der Waals surface area contributed by atoms with E-state index in [0.29, 0.717) is 0 Å². The Morgan fingerprint density at radius 1 is 0.345 bits per heavy atom. The van der Waals surface area contributed by atoms with Gasteiger partial charge in [-0.3, -0.25) is 0 Å². The SMILES string of the molecule is c1cc(-c2ccc3ccc4ccc(-c5ccc6c(c5)C5(c7ccccc7-c7ccccc75)c5ccccc5-6)nc4c3n2)cc(-c2cccc3c2oc2ccccc23)c1. The maximum atomic E-state index is 6.41. The third kappa shape index (κ3) is 4.22. The van der Waals surface area contributed by atoms with Crippen molar-refractivity contribution in [3.05, 3.63) is 216 Å². The summed E-state index contributed by atoms with van der Waals surface area (Å²) in [5.74, 6) is 0. The fourth-order valence-electron chi connectivity index (χ4n) is 10.2. The highest BCUT2D eigenvalue weighted by Crippen LogP contribution is 2.63. The Bertz CT molecular complexity index is 3470. The van der Waals surface area contributed by atoms with Crippen molar-refractivity contribution in [2.75, 3.05) is 0 Å². The second kappa shape index (κ2) is 11.7. The second-order valence-electron chi connectivity index (χ2n) is 15.6. The minimum atomic E-state index is -0.403. The van der Waals surface area contributed by atoms with E-state index in [0.717, 1.165) is 77.4 Å². The summed E-state index contributed by atoms with van der Waals surface area (Å²) < 4.78 is 6.41. The molecule has 11 aromatic rings. The van der Waals surface area contributed by atoms with Gasteiger partial charge in [0.15, 0.2) is 0 Å². The van der Waals surface area contributed by atoms with Crippen molar-refractivity contribution < 1.29 is 4.42 Å². The fourth-order valence-corrected chi connectivity index (χ4v) is 10.2. The Hall–Kier alpha value is -7.62. The van der Waals surface area contributed by atoms with Gasteiger partial charge in [0.25, 0.3) is 0 Å². The number of para-hydroxylation sites is 2. The number of rotatable bonds is 3. The van der Waals surface area contributed by atoms with Crippen molar-refractivity contribution >= 4 is 43.7 Å². The summed E-state index contributed by atoms with van der Waals surface area (Å²) in [4.78, 5) is 10.8. The molecule has 1 spiro atoms. The first-order chi connectivity index (χ1) is 28.7. The standard InChI is InChI=1S/C55H32N2O/c1-5-19-45-39(13-1)40-14-2-6-20-46(40)55(45)47-21-7-3-15-41(47)42-28-25-37(32-48(42)55)50-30-27-34-24-23-33-26-29-49(56-52(33)53(34)57-50)36-12-9-11-35(31-36)38-17-10-18-44-43-16-4-8-22-51(43)58-54(38)44/h1-32H. The minimum Gasteiger partial charge on any atom is -0.455 e. The van der Waals surface area contributed by atoms with Crippen molar-refractivity contribution in [3.8, 4) is 55.9 Å². The number of benzene rings is 8. The zero-order valence-corrected chi connectivity index (χ0v) is 31.3. The molecule has 0 unspecified atom stereocenters. The Morgan fingerprint density at radius 2 is 0.845 bits per heavy atom. The van der Waals surface area contributed by atoms with Gasteiger partial charge in [-0.05, 0) is 80.4 Å². The molecule has 0 amide bonds. The first-order valence-electron chi connectivity index (χ1n) is 19.9. The molecular formula is C55H32N2O. The van der Waals surface area contributed by atoms with Crippen molar-refractivity contribution in [3.63, 3.8) is 0 Å². The molecule has 0 saturated carbocycles. The summed E-state index contributed by atoms with van der Waals surface area (Å²) in [5, 5.41) is 4.38. The van der Waals surface area contributed by atoms with E-state index in [1.54, 1.807) is 0 Å². The van der Waals surface area contributed by atoms with Crippen LogP contribution in [0.15, 0.2) is 199 Å². The van der Waals surface area contributed by atoms with Gasteiger partial charge < -0.3 is 4.42 Å². The number of aromatic nitrogens is 2. The molecule has 0 aliphatic heterocycles. The molecule has 2 aliphatic rings. The predicted octanol–water partition coefficient (Wildman–Crippen LogP) is 14.0. The number of pyridine rings is 2. The van der Waals surface area contributed by atoms with Gasteiger partial charge in [0, 0.05) is 38.2 Å². The highest BCUT2D eigenvalue weighted by Gasteiger charge is 2.51. The van der Waals surface area contributed by atoms with E-state index in [-0.39, 0.29) is 0 Å². The van der Waals surface area contributed by atoms with Gasteiger partial charge in [-0.15, -0.1) is 0 Å². The Morgan fingerprint density at radius 3 is 1.52 bits per heavy atom. The van der Waals surface area contributed by atoms with Gasteiger partial charge in [-0.2, -0.15) is 0 Å². The van der Waals surface area contributed by atoms with E-state index in [9.17, 15) is 0 Å². The number of hydrogen-bond donors (Lipinski definition) is 0. The second-order valence-corrected chi connectivity index (χ2v) is 15.6. The maximum absolute atomic E-state index is 6.41. The van der Waals surface area contributed by atoms with Crippen LogP contribution in [0, 0.1) is 0 Å². The molecule has 3 nitrogen and oxygen atoms in total. The molecule has 3 aromatic heterocycles. The van der Waals surface area contributed by atoms with E-state index in [2.05, 4.69) is 182 Å². The Balaban J connectivity index is 0.957. The normalized spacial score (nSPS) is 13.3. The van der Waals surface area contributed by atoms with E-state index in [4.69, 9.17) is 14.4 Å². The van der Waals surface area contributed by atoms with Gasteiger partial charge >= 0.3 is 0 Å². The van der Waals surface area contributed by atoms with Crippen molar-refractivity contribution in [1.29, 1.82) is 0 Å². The highest BCUT2D eigenvalue weighted by molar-refractivity contribution is 6.10. The van der Waals surface area contributed by atoms with E-state index < -0.39 is 5.41 Å². The molecule has 0 bridgehead atoms. The number of nitrogens with zero attached hydrogens (tertiary/aromatic N) is 2. The lowest BCUT2D eigenvalue weighted by molar-refractivity contribution is 0.670. The number of fused-ring (bicyclic) bond motifs is 16. The molecule has 8 aromatic carbocycles. The van der Waals surface area contributed by atoms with Gasteiger partial charge in [0.05, 0.1) is 27.8 Å². The summed E-state index contributed by atoms with van der Waals surface area (Å²) in [6.45, 7) is 0. The van der Waals surface area contributed by atoms with Gasteiger partial charge in [-0.1, -0.05) is 164 Å². The Kier molecular flexibility index (Phi) is 6.37. The van der Waals surface area contributed by atoms with Gasteiger partial charge in [0.2, 0.25) is 0 Å². The molecule has 13 rings (SSSR count). The molecule has 0 fully saturated rings. The van der Waals surface area contributed by atoms with Crippen LogP contribution in [0.1, 0.15) is 22.3 Å². The monoisotopic (exact) mass is 736 g/mol. The summed E-state index contributed by atoms with van der Waals surface area (Å²) in [5.41, 5.74) is 19.8. The van der Waals surface area contributed by atoms with Crippen LogP contribution in [0.25, 0.3) is 99.6 Å². The molecule has 3 heterocycles. The fraction of sp³-hybridized carbons (Fsp3) is 0.0182. The lowest BCUT2D eigenvalue weighted by Crippen LogP contribution is -2.25. The summed E-state index contributed by atoms with van der Waals surface area (Å²) in [6.07, 6.45) is 0. The molecule has 2 aliphatic carbocycles. The minimum absolute atomic E-state index is 0.403. The topological polar surface area (TPSA) is 38.9 Å². The molecule has 268 valence electrons. The molecule has 0 atom stereocenters. The molecule has 0 N–H and O–H groups in total. The van der Waals surface area contributed by atoms with Crippen molar-refractivity contribution in [2.24, 2.45) is 0 Å². The third-order valence-electron chi connectivity index (χ3n) is 12.7. The van der Waals surface area contributed by atoms with Gasteiger partial charge in [-0.25, -0.2) is 9.97 Å². The van der Waals surface area contributed by atoms with Crippen molar-refractivity contribution in [2.45, 2.75) is 5.41 Å². The summed E-state index contributed by atoms with van der Waals surface area (Å²) in [7, 11) is 0. The molecule has 3 heteroatoms. The zero-order chi connectivity index (χ0) is 38.0. The number of furan rings is 1. The van der Waals surface area contributed by atoms with Gasteiger partial charge in [0.1, 0.15) is 11.2 Å². The Labute approximate surface area is 334 Å². The summed E-state index contributed by atoms with van der Waals surface area (Å²) in [6, 6.07) is 70.0. The molecule has 58 heavy (non-hydrogen) atoms. The van der Waals surface area contributed by atoms with E-state index >= 15 is 0 Å². The molecule has 0 radical (unpaired) electrons. The molecule has 0 saturated heterocycles. The van der Waals surface area contributed by atoms with Crippen LogP contribution in [-0.4, -0.2) is 9.97 Å². The van der Waals surface area contributed by atoms with E-state index in [1.165, 1.54) is 44.5 Å². The largest absolute Gasteiger partial charge is 0.455 e. The van der Waals surface area contributed by atoms with Crippen LogP contribution < -0.4 is 0 Å². The predicted molar refractivity (Wildman–Crippen MR) is 237 cm³/mol. The first kappa shape index (κ1) is 31.6. The summed E-state index contributed by atoms with van der Waals surface area (Å²) >= 11 is 0. The third-order valence-corrected chi connectivity index (χ3v) is 12.7. The zero-order valence-electron chi connectivity index (χ0n) is 31.3. The lowest BCUT2D eigenvalue weighted by atomic mass is 9.70. The van der Waals surface area contributed by atoms with Crippen LogP contribution in [0.5, 0.6) is 0 Å². The van der Waals surface area contributed by atoms with Crippen LogP contribution >= 0.6 is 0 Å². The smallest absolute Gasteiger partial charge is 0.143 e. The van der Waals surface area contributed by atoms with Crippen LogP contribution in [0.3, 0.4) is 0 Å². The average Bonchev–Trinajstić information content (AvgIpc) is 3.93. The quantitative estimate of drug-likeness (QED) is 0.170.